The van der Waals surface area contributed by atoms with E-state index >= 15 is 4.79 Å². The molecular weight excluding hydrogens is 760 g/mol. The number of unbranched alkanes of at least 4 members (excludes halogenated alkanes) is 9. The van der Waals surface area contributed by atoms with Gasteiger partial charge in [0, 0.05) is 12.2 Å². The van der Waals surface area contributed by atoms with Crippen LogP contribution in [0.1, 0.15) is 128 Å². The number of ketones is 1. The maximum Gasteiger partial charge on any atom is 0.338 e. The Balaban J connectivity index is 1.30. The van der Waals surface area contributed by atoms with Gasteiger partial charge in [0.15, 0.2) is 0 Å². The summed E-state index contributed by atoms with van der Waals surface area (Å²) in [7, 11) is 0. The summed E-state index contributed by atoms with van der Waals surface area (Å²) in [6, 6.07) is 28.8. The van der Waals surface area contributed by atoms with Gasteiger partial charge in [0.2, 0.25) is 11.9 Å². The van der Waals surface area contributed by atoms with Crippen LogP contribution in [0, 0.1) is 0 Å². The molecule has 0 spiro atoms. The van der Waals surface area contributed by atoms with Crippen molar-refractivity contribution in [1.82, 2.24) is 4.57 Å². The maximum atomic E-state index is 15.2. The van der Waals surface area contributed by atoms with Crippen LogP contribution in [0.2, 0.25) is 5.02 Å². The molecule has 0 saturated carbocycles. The quantitative estimate of drug-likeness (QED) is 0.0312. The number of phenols is 1. The highest BCUT2D eigenvalue weighted by Crippen LogP contribution is 2.39. The fraction of sp³-hybridized carbons (Fsp3) is 0.380. The minimum Gasteiger partial charge on any atom is -0.508 e. The fourth-order valence-corrected chi connectivity index (χ4v) is 8.23. The number of nitrogens with zero attached hydrogens (tertiary/aromatic N) is 1. The Morgan fingerprint density at radius 1 is 0.780 bits per heavy atom. The third kappa shape index (κ3) is 11.4. The molecule has 1 aliphatic carbocycles. The molecule has 5 aromatic rings. The van der Waals surface area contributed by atoms with Crippen molar-refractivity contribution < 1.29 is 29.0 Å². The van der Waals surface area contributed by atoms with Crippen molar-refractivity contribution in [3.05, 3.63) is 136 Å². The minimum atomic E-state index is -1.58. The predicted molar refractivity (Wildman–Crippen MR) is 236 cm³/mol. The summed E-state index contributed by atoms with van der Waals surface area (Å²) in [4.78, 5) is 42.4. The van der Waals surface area contributed by atoms with Gasteiger partial charge in [0.1, 0.15) is 11.5 Å². The number of esters is 1. The van der Waals surface area contributed by atoms with E-state index in [1.165, 1.54) is 69.6 Å². The van der Waals surface area contributed by atoms with E-state index in [-0.39, 0.29) is 28.6 Å². The molecule has 1 aliphatic rings. The molecule has 0 aliphatic heterocycles. The van der Waals surface area contributed by atoms with E-state index in [4.69, 9.17) is 21.1 Å². The Kier molecular flexibility index (Phi) is 15.8. The lowest BCUT2D eigenvalue weighted by Gasteiger charge is -2.20. The molecule has 1 aromatic heterocycles. The first kappa shape index (κ1) is 43.2. The van der Waals surface area contributed by atoms with E-state index in [2.05, 4.69) is 16.8 Å². The maximum absolute atomic E-state index is 15.2. The highest BCUT2D eigenvalue weighted by atomic mass is 35.5. The summed E-state index contributed by atoms with van der Waals surface area (Å²) in [6.45, 7) is 4.94. The normalized spacial score (nSPS) is 12.5. The van der Waals surface area contributed by atoms with E-state index in [9.17, 15) is 14.7 Å². The number of anilines is 1. The number of carbonyl (C=O) groups is 3. The van der Waals surface area contributed by atoms with Crippen LogP contribution in [-0.4, -0.2) is 40.0 Å². The van der Waals surface area contributed by atoms with Crippen molar-refractivity contribution in [3.63, 3.8) is 0 Å². The van der Waals surface area contributed by atoms with E-state index in [0.29, 0.717) is 17.7 Å². The standard InChI is InChI=1S/C50H57ClN2O6/c1-3-5-6-7-8-9-10-11-12-16-32-53-44-21-17-20-41(44)45(46(53)37-18-14-13-15-19-37)47(55)48(49(56)52-43-34-38(26-31-42(43)51)50(57)58-4-2)59-40-29-24-36(25-30-40)33-35-22-27-39(54)28-23-35/h13-15,18-19,22-31,34,48,54H,3-12,16-17,20-21,32-33H2,1-2H3,(H,52,56). The van der Waals surface area contributed by atoms with Crippen molar-refractivity contribution in [2.75, 3.05) is 11.9 Å². The van der Waals surface area contributed by atoms with Crippen LogP contribution in [0.5, 0.6) is 11.5 Å². The van der Waals surface area contributed by atoms with Gasteiger partial charge in [0.25, 0.3) is 5.91 Å². The van der Waals surface area contributed by atoms with E-state index in [1.807, 2.05) is 54.6 Å². The Hall–Kier alpha value is -5.34. The zero-order chi connectivity index (χ0) is 41.6. The van der Waals surface area contributed by atoms with Crippen LogP contribution >= 0.6 is 11.6 Å². The Morgan fingerprint density at radius 2 is 1.42 bits per heavy atom. The second-order valence-electron chi connectivity index (χ2n) is 15.5. The van der Waals surface area contributed by atoms with Gasteiger partial charge in [-0.3, -0.25) is 9.59 Å². The Morgan fingerprint density at radius 3 is 2.08 bits per heavy atom. The molecule has 9 heteroatoms. The molecule has 0 bridgehead atoms. The van der Waals surface area contributed by atoms with Gasteiger partial charge < -0.3 is 24.5 Å². The van der Waals surface area contributed by atoms with Gasteiger partial charge in [-0.1, -0.05) is 131 Å². The summed E-state index contributed by atoms with van der Waals surface area (Å²) in [5, 5.41) is 12.7. The number of ether oxygens (including phenoxy) is 2. The van der Waals surface area contributed by atoms with Crippen LogP contribution in [0.15, 0.2) is 97.1 Å². The van der Waals surface area contributed by atoms with Crippen molar-refractivity contribution in [1.29, 1.82) is 0 Å². The number of benzene rings is 4. The molecule has 2 N–H and O–H groups in total. The van der Waals surface area contributed by atoms with Crippen molar-refractivity contribution >= 4 is 34.9 Å². The summed E-state index contributed by atoms with van der Waals surface area (Å²) in [5.41, 5.74) is 6.80. The summed E-state index contributed by atoms with van der Waals surface area (Å²) >= 11 is 6.57. The van der Waals surface area contributed by atoms with Gasteiger partial charge >= 0.3 is 5.97 Å². The average molecular weight is 817 g/mol. The molecule has 0 saturated heterocycles. The molecule has 8 nitrogen and oxygen atoms in total. The highest BCUT2D eigenvalue weighted by molar-refractivity contribution is 6.34. The molecule has 6 rings (SSSR count). The van der Waals surface area contributed by atoms with E-state index in [1.54, 1.807) is 31.2 Å². The number of hydrogen-bond donors (Lipinski definition) is 2. The number of hydrogen-bond acceptors (Lipinski definition) is 6. The van der Waals surface area contributed by atoms with Crippen LogP contribution in [0.4, 0.5) is 5.69 Å². The SMILES string of the molecule is CCCCCCCCCCCCn1c2c(c(C(=O)C(Oc3ccc(Cc4ccc(O)cc4)cc3)C(=O)Nc3cc(C(=O)OCC)ccc3Cl)c1-c1ccccc1)CCC2. The molecule has 4 aromatic carbocycles. The van der Waals surface area contributed by atoms with Crippen LogP contribution in [-0.2, 0) is 35.3 Å². The number of aromatic hydroxyl groups is 1. The Labute approximate surface area is 353 Å². The monoisotopic (exact) mass is 816 g/mol. The van der Waals surface area contributed by atoms with Crippen molar-refractivity contribution in [3.8, 4) is 22.8 Å². The molecule has 0 radical (unpaired) electrons. The number of nitrogens with one attached hydrogen (secondary N) is 1. The van der Waals surface area contributed by atoms with Gasteiger partial charge in [-0.15, -0.1) is 0 Å². The number of phenolic OH excluding ortho intramolecular Hbond substituents is 1. The van der Waals surface area contributed by atoms with Crippen molar-refractivity contribution in [2.45, 2.75) is 116 Å². The molecule has 59 heavy (non-hydrogen) atoms. The van der Waals surface area contributed by atoms with Crippen LogP contribution in [0.3, 0.4) is 0 Å². The average Bonchev–Trinajstić information content (AvgIpc) is 3.84. The molecular formula is C50H57ClN2O6. The zero-order valence-electron chi connectivity index (χ0n) is 34.4. The minimum absolute atomic E-state index is 0.167. The molecule has 1 atom stereocenters. The smallest absolute Gasteiger partial charge is 0.338 e. The summed E-state index contributed by atoms with van der Waals surface area (Å²) in [6.07, 6.45) is 13.9. The zero-order valence-corrected chi connectivity index (χ0v) is 35.2. The number of fused-ring (bicyclic) bond motifs is 1. The number of halogens is 1. The predicted octanol–water partition coefficient (Wildman–Crippen LogP) is 12.0. The molecule has 310 valence electrons. The first-order chi connectivity index (χ1) is 28.8. The third-order valence-electron chi connectivity index (χ3n) is 11.1. The number of carbonyl (C=O) groups excluding carboxylic acids is 3. The number of rotatable bonds is 22. The fourth-order valence-electron chi connectivity index (χ4n) is 8.06. The second-order valence-corrected chi connectivity index (χ2v) is 15.9. The number of aromatic nitrogens is 1. The lowest BCUT2D eigenvalue weighted by Crippen LogP contribution is -2.40. The molecule has 1 unspecified atom stereocenters. The molecule has 1 heterocycles. The Bertz CT molecular complexity index is 2160. The number of amides is 1. The lowest BCUT2D eigenvalue weighted by atomic mass is 9.96. The van der Waals surface area contributed by atoms with E-state index < -0.39 is 23.8 Å². The number of Topliss-reactive ketones (excluding diaryl/α,β-unsaturated/α-hetero) is 1. The second kappa shape index (κ2) is 21.6. The largest absolute Gasteiger partial charge is 0.508 e. The van der Waals surface area contributed by atoms with Crippen LogP contribution in [0.25, 0.3) is 11.3 Å². The van der Waals surface area contributed by atoms with Gasteiger partial charge in [-0.25, -0.2) is 4.79 Å². The topological polar surface area (TPSA) is 107 Å². The van der Waals surface area contributed by atoms with Gasteiger partial charge in [0.05, 0.1) is 34.1 Å². The van der Waals surface area contributed by atoms with Crippen molar-refractivity contribution in [2.24, 2.45) is 0 Å². The highest BCUT2D eigenvalue weighted by Gasteiger charge is 2.38. The molecule has 0 fully saturated rings. The van der Waals surface area contributed by atoms with Gasteiger partial charge in [-0.2, -0.15) is 0 Å². The van der Waals surface area contributed by atoms with Gasteiger partial charge in [-0.05, 0) is 104 Å². The van der Waals surface area contributed by atoms with Crippen LogP contribution < -0.4 is 10.1 Å². The first-order valence-corrected chi connectivity index (χ1v) is 21.8. The lowest BCUT2D eigenvalue weighted by molar-refractivity contribution is -0.120. The summed E-state index contributed by atoms with van der Waals surface area (Å²) < 4.78 is 13.9. The first-order valence-electron chi connectivity index (χ1n) is 21.4. The third-order valence-corrected chi connectivity index (χ3v) is 11.4. The van der Waals surface area contributed by atoms with E-state index in [0.717, 1.165) is 72.3 Å². The summed E-state index contributed by atoms with van der Waals surface area (Å²) in [5.74, 6) is -1.15. The molecule has 1 amide bonds.